The van der Waals surface area contributed by atoms with Crippen LogP contribution in [0, 0.1) is 0 Å². The minimum Gasteiger partial charge on any atom is -0.493 e. The van der Waals surface area contributed by atoms with Crippen molar-refractivity contribution in [3.05, 3.63) is 66.5 Å². The number of carbonyl (C=O) groups excluding carboxylic acids is 1. The van der Waals surface area contributed by atoms with Crippen molar-refractivity contribution in [1.29, 1.82) is 0 Å². The number of benzene rings is 2. The Kier molecular flexibility index (Phi) is 4.74. The predicted octanol–water partition coefficient (Wildman–Crippen LogP) is 3.26. The average molecular weight is 389 g/mol. The van der Waals surface area contributed by atoms with Crippen molar-refractivity contribution >= 4 is 23.2 Å². The highest BCUT2D eigenvalue weighted by molar-refractivity contribution is 5.93. The Morgan fingerprint density at radius 2 is 1.90 bits per heavy atom. The molecule has 4 rings (SSSR count). The van der Waals surface area contributed by atoms with Crippen molar-refractivity contribution in [3.8, 4) is 22.8 Å². The summed E-state index contributed by atoms with van der Waals surface area (Å²) >= 11 is 0. The van der Waals surface area contributed by atoms with E-state index >= 15 is 0 Å². The standard InChI is InChI=1S/C21H19N5O3/c1-28-17-7-6-13(11-18(17)29-2)16-12-19-23-8-9-26(19)21(25-16)24-15-5-3-4-14(10-15)20(22)27/h3-12H,1-2H3,(H2,22,27)(H,24,25). The van der Waals surface area contributed by atoms with Crippen LogP contribution in [0.2, 0.25) is 0 Å². The van der Waals surface area contributed by atoms with E-state index in [2.05, 4.69) is 10.3 Å². The highest BCUT2D eigenvalue weighted by Crippen LogP contribution is 2.32. The van der Waals surface area contributed by atoms with Gasteiger partial charge in [-0.15, -0.1) is 0 Å². The molecule has 0 spiro atoms. The molecular formula is C21H19N5O3. The SMILES string of the molecule is COc1ccc(-c2cc3nccn3c(Nc3cccc(C(N)=O)c3)n2)cc1OC. The zero-order valence-electron chi connectivity index (χ0n) is 15.9. The third-order valence-corrected chi connectivity index (χ3v) is 4.47. The van der Waals surface area contributed by atoms with Gasteiger partial charge in [0, 0.05) is 35.3 Å². The van der Waals surface area contributed by atoms with Gasteiger partial charge in [0.2, 0.25) is 11.9 Å². The highest BCUT2D eigenvalue weighted by Gasteiger charge is 2.12. The molecule has 0 bridgehead atoms. The molecule has 0 atom stereocenters. The molecule has 8 nitrogen and oxygen atoms in total. The van der Waals surface area contributed by atoms with Crippen molar-refractivity contribution in [2.75, 3.05) is 19.5 Å². The van der Waals surface area contributed by atoms with Crippen LogP contribution in [0.5, 0.6) is 11.5 Å². The molecule has 0 aliphatic heterocycles. The first-order chi connectivity index (χ1) is 14.1. The molecule has 0 saturated carbocycles. The largest absolute Gasteiger partial charge is 0.493 e. The summed E-state index contributed by atoms with van der Waals surface area (Å²) in [5, 5.41) is 3.24. The summed E-state index contributed by atoms with van der Waals surface area (Å²) in [6.45, 7) is 0. The fourth-order valence-electron chi connectivity index (χ4n) is 3.03. The number of hydrogen-bond acceptors (Lipinski definition) is 6. The lowest BCUT2D eigenvalue weighted by Crippen LogP contribution is -2.11. The van der Waals surface area contributed by atoms with E-state index in [9.17, 15) is 4.79 Å². The zero-order chi connectivity index (χ0) is 20.4. The van der Waals surface area contributed by atoms with Crippen LogP contribution < -0.4 is 20.5 Å². The van der Waals surface area contributed by atoms with Crippen molar-refractivity contribution < 1.29 is 14.3 Å². The number of rotatable bonds is 6. The van der Waals surface area contributed by atoms with Crippen molar-refractivity contribution in [2.24, 2.45) is 5.73 Å². The Balaban J connectivity index is 1.79. The third-order valence-electron chi connectivity index (χ3n) is 4.47. The molecule has 0 saturated heterocycles. The minimum absolute atomic E-state index is 0.410. The number of anilines is 2. The first-order valence-corrected chi connectivity index (χ1v) is 8.82. The Morgan fingerprint density at radius 3 is 2.66 bits per heavy atom. The fourth-order valence-corrected chi connectivity index (χ4v) is 3.03. The number of imidazole rings is 1. The van der Waals surface area contributed by atoms with Crippen molar-refractivity contribution in [1.82, 2.24) is 14.4 Å². The second kappa shape index (κ2) is 7.51. The van der Waals surface area contributed by atoms with Crippen LogP contribution in [0.15, 0.2) is 60.9 Å². The summed E-state index contributed by atoms with van der Waals surface area (Å²) in [5.74, 6) is 1.30. The molecule has 0 aliphatic carbocycles. The van der Waals surface area contributed by atoms with Crippen LogP contribution in [-0.2, 0) is 0 Å². The molecule has 1 amide bonds. The summed E-state index contributed by atoms with van der Waals surface area (Å²) < 4.78 is 12.5. The number of aromatic nitrogens is 3. The van der Waals surface area contributed by atoms with E-state index in [1.807, 2.05) is 34.7 Å². The van der Waals surface area contributed by atoms with Crippen molar-refractivity contribution in [3.63, 3.8) is 0 Å². The second-order valence-electron chi connectivity index (χ2n) is 6.26. The van der Waals surface area contributed by atoms with E-state index in [0.29, 0.717) is 34.4 Å². The average Bonchev–Trinajstić information content (AvgIpc) is 3.22. The van der Waals surface area contributed by atoms with Crippen molar-refractivity contribution in [2.45, 2.75) is 0 Å². The van der Waals surface area contributed by atoms with Gasteiger partial charge in [0.1, 0.15) is 5.65 Å². The van der Waals surface area contributed by atoms with E-state index < -0.39 is 5.91 Å². The molecule has 3 N–H and O–H groups in total. The molecule has 2 aromatic heterocycles. The summed E-state index contributed by atoms with van der Waals surface area (Å²) in [4.78, 5) is 20.6. The van der Waals surface area contributed by atoms with Gasteiger partial charge in [-0.1, -0.05) is 6.07 Å². The summed E-state index contributed by atoms with van der Waals surface area (Å²) in [6.07, 6.45) is 3.50. The molecule has 0 aliphatic rings. The number of nitrogens with zero attached hydrogens (tertiary/aromatic N) is 3. The van der Waals surface area contributed by atoms with Gasteiger partial charge in [-0.2, -0.15) is 0 Å². The topological polar surface area (TPSA) is 104 Å². The quantitative estimate of drug-likeness (QED) is 0.525. The van der Waals surface area contributed by atoms with Gasteiger partial charge >= 0.3 is 0 Å². The van der Waals surface area contributed by atoms with Gasteiger partial charge < -0.3 is 20.5 Å². The number of nitrogens with two attached hydrogens (primary N) is 1. The van der Waals surface area contributed by atoms with Gasteiger partial charge in [0.15, 0.2) is 11.5 Å². The minimum atomic E-state index is -0.492. The second-order valence-corrected chi connectivity index (χ2v) is 6.26. The smallest absolute Gasteiger partial charge is 0.248 e. The van der Waals surface area contributed by atoms with E-state index in [-0.39, 0.29) is 0 Å². The molecule has 8 heteroatoms. The van der Waals surface area contributed by atoms with Gasteiger partial charge in [-0.25, -0.2) is 9.97 Å². The summed E-state index contributed by atoms with van der Waals surface area (Å²) in [5.41, 5.74) is 8.76. The van der Waals surface area contributed by atoms with E-state index in [1.165, 1.54) is 0 Å². The lowest BCUT2D eigenvalue weighted by atomic mass is 10.1. The van der Waals surface area contributed by atoms with Crippen LogP contribution >= 0.6 is 0 Å². The lowest BCUT2D eigenvalue weighted by molar-refractivity contribution is 0.100. The summed E-state index contributed by atoms with van der Waals surface area (Å²) in [7, 11) is 3.18. The van der Waals surface area contributed by atoms with Crippen LogP contribution in [0.25, 0.3) is 16.9 Å². The molecule has 0 radical (unpaired) electrons. The van der Waals surface area contributed by atoms with Gasteiger partial charge in [0.25, 0.3) is 0 Å². The fraction of sp³-hybridized carbons (Fsp3) is 0.0952. The Morgan fingerprint density at radius 1 is 1.07 bits per heavy atom. The van der Waals surface area contributed by atoms with Crippen LogP contribution in [0.1, 0.15) is 10.4 Å². The number of methoxy groups -OCH3 is 2. The lowest BCUT2D eigenvalue weighted by Gasteiger charge is -2.13. The molecule has 29 heavy (non-hydrogen) atoms. The number of fused-ring (bicyclic) bond motifs is 1. The van der Waals surface area contributed by atoms with Gasteiger partial charge in [-0.05, 0) is 36.4 Å². The molecule has 0 fully saturated rings. The predicted molar refractivity (Wildman–Crippen MR) is 110 cm³/mol. The number of carbonyl (C=O) groups is 1. The van der Waals surface area contributed by atoms with Gasteiger partial charge in [-0.3, -0.25) is 9.20 Å². The maximum atomic E-state index is 11.5. The highest BCUT2D eigenvalue weighted by atomic mass is 16.5. The normalized spacial score (nSPS) is 10.7. The number of ether oxygens (including phenoxy) is 2. The first-order valence-electron chi connectivity index (χ1n) is 8.82. The maximum Gasteiger partial charge on any atom is 0.248 e. The molecule has 2 heterocycles. The zero-order valence-corrected chi connectivity index (χ0v) is 15.9. The Bertz CT molecular complexity index is 1200. The van der Waals surface area contributed by atoms with E-state index in [1.54, 1.807) is 44.8 Å². The maximum absolute atomic E-state index is 11.5. The van der Waals surface area contributed by atoms with Crippen LogP contribution in [0.4, 0.5) is 11.6 Å². The molecule has 4 aromatic rings. The molecule has 0 unspecified atom stereocenters. The van der Waals surface area contributed by atoms with Crippen LogP contribution in [0.3, 0.4) is 0 Å². The monoisotopic (exact) mass is 389 g/mol. The number of primary amides is 1. The van der Waals surface area contributed by atoms with E-state index in [4.69, 9.17) is 20.2 Å². The first kappa shape index (κ1) is 18.3. The number of amides is 1. The van der Waals surface area contributed by atoms with Crippen LogP contribution in [-0.4, -0.2) is 34.5 Å². The molecule has 146 valence electrons. The number of hydrogen-bond donors (Lipinski definition) is 2. The molecule has 2 aromatic carbocycles. The Labute approximate surface area is 166 Å². The van der Waals surface area contributed by atoms with Gasteiger partial charge in [0.05, 0.1) is 19.9 Å². The number of nitrogens with one attached hydrogen (secondary N) is 1. The molecular weight excluding hydrogens is 370 g/mol. The Hall–Kier alpha value is -4.07. The third kappa shape index (κ3) is 3.55. The summed E-state index contributed by atoms with van der Waals surface area (Å²) in [6, 6.07) is 14.4. The van der Waals surface area contributed by atoms with E-state index in [0.717, 1.165) is 11.2 Å².